The van der Waals surface area contributed by atoms with E-state index in [1.165, 1.54) is 18.2 Å². The minimum atomic E-state index is -0.452. The molecule has 1 amide bonds. The molecule has 1 N–H and O–H groups in total. The summed E-state index contributed by atoms with van der Waals surface area (Å²) in [6.07, 6.45) is 0. The van der Waals surface area contributed by atoms with Gasteiger partial charge >= 0.3 is 0 Å². The van der Waals surface area contributed by atoms with Gasteiger partial charge in [0.2, 0.25) is 5.91 Å². The largest absolute Gasteiger partial charge is 0.325 e. The normalized spacial score (nSPS) is 12.3. The Hall–Kier alpha value is -4.17. The highest BCUT2D eigenvalue weighted by atomic mass is 16.6. The van der Waals surface area contributed by atoms with Crippen LogP contribution in [0.4, 0.5) is 11.4 Å². The van der Waals surface area contributed by atoms with Crippen molar-refractivity contribution in [3.63, 3.8) is 0 Å². The van der Waals surface area contributed by atoms with Gasteiger partial charge in [0.25, 0.3) is 5.69 Å². The molecular weight excluding hydrogens is 410 g/mol. The Morgan fingerprint density at radius 1 is 0.906 bits per heavy atom. The average molecular weight is 429 g/mol. The van der Waals surface area contributed by atoms with Crippen molar-refractivity contribution >= 4 is 28.8 Å². The molecule has 3 aromatic carbocycles. The third-order valence-electron chi connectivity index (χ3n) is 5.25. The van der Waals surface area contributed by atoms with Crippen molar-refractivity contribution in [3.05, 3.63) is 105 Å². The summed E-state index contributed by atoms with van der Waals surface area (Å²) in [5.41, 5.74) is 2.17. The molecule has 0 saturated heterocycles. The first-order valence-electron chi connectivity index (χ1n) is 9.88. The van der Waals surface area contributed by atoms with Crippen LogP contribution >= 0.6 is 0 Å². The van der Waals surface area contributed by atoms with E-state index >= 15 is 0 Å². The third kappa shape index (κ3) is 4.03. The van der Waals surface area contributed by atoms with Crippen molar-refractivity contribution < 1.29 is 19.3 Å². The molecule has 160 valence electrons. The molecule has 0 heterocycles. The predicted molar refractivity (Wildman–Crippen MR) is 118 cm³/mol. The molecule has 8 nitrogen and oxygen atoms in total. The molecular formula is C24H19N3O5. The average Bonchev–Trinajstić information content (AvgIpc) is 2.77. The zero-order chi connectivity index (χ0) is 22.8. The Bertz CT molecular complexity index is 1270. The maximum atomic E-state index is 12.8. The van der Waals surface area contributed by atoms with E-state index in [4.69, 9.17) is 0 Å². The van der Waals surface area contributed by atoms with Crippen LogP contribution in [0.1, 0.15) is 37.4 Å². The van der Waals surface area contributed by atoms with Gasteiger partial charge in [0.05, 0.1) is 11.5 Å². The molecule has 0 atom stereocenters. The fraction of sp³-hybridized carbons (Fsp3) is 0.125. The number of hydrogen-bond acceptors (Lipinski definition) is 6. The van der Waals surface area contributed by atoms with E-state index < -0.39 is 4.92 Å². The summed E-state index contributed by atoms with van der Waals surface area (Å²) in [5, 5.41) is 13.9. The lowest BCUT2D eigenvalue weighted by molar-refractivity contribution is -0.385. The van der Waals surface area contributed by atoms with Gasteiger partial charge in [-0.3, -0.25) is 29.4 Å². The standard InChI is InChI=1S/C24H19N3O5/c1-26(13-15-6-2-5-9-21(15)27(31)32)14-22(28)25-16-10-11-19-20(12-16)24(30)18-8-4-3-7-17(18)23(19)29/h2-12H,13-14H2,1H3,(H,25,28). The molecule has 4 rings (SSSR count). The maximum Gasteiger partial charge on any atom is 0.273 e. The van der Waals surface area contributed by atoms with Crippen LogP contribution in [0.2, 0.25) is 0 Å². The second kappa shape index (κ2) is 8.52. The van der Waals surface area contributed by atoms with E-state index in [0.29, 0.717) is 27.9 Å². The van der Waals surface area contributed by atoms with E-state index in [1.807, 2.05) is 0 Å². The van der Waals surface area contributed by atoms with Crippen molar-refractivity contribution in [3.8, 4) is 0 Å². The van der Waals surface area contributed by atoms with Crippen LogP contribution in [0, 0.1) is 10.1 Å². The number of nitro groups is 1. The van der Waals surface area contributed by atoms with Crippen LogP contribution in [-0.2, 0) is 11.3 Å². The molecule has 3 aromatic rings. The van der Waals surface area contributed by atoms with Crippen molar-refractivity contribution in [1.29, 1.82) is 0 Å². The van der Waals surface area contributed by atoms with E-state index in [0.717, 1.165) is 0 Å². The molecule has 32 heavy (non-hydrogen) atoms. The number of fused-ring (bicyclic) bond motifs is 2. The van der Waals surface area contributed by atoms with Crippen LogP contribution in [0.5, 0.6) is 0 Å². The smallest absolute Gasteiger partial charge is 0.273 e. The number of amides is 1. The maximum absolute atomic E-state index is 12.8. The summed E-state index contributed by atoms with van der Waals surface area (Å²) in [6, 6.07) is 17.7. The number of carbonyl (C=O) groups is 3. The highest BCUT2D eigenvalue weighted by molar-refractivity contribution is 6.28. The second-order valence-corrected chi connectivity index (χ2v) is 7.57. The Balaban J connectivity index is 1.46. The highest BCUT2D eigenvalue weighted by Gasteiger charge is 2.29. The van der Waals surface area contributed by atoms with E-state index in [2.05, 4.69) is 5.32 Å². The van der Waals surface area contributed by atoms with Gasteiger partial charge < -0.3 is 5.32 Å². The topological polar surface area (TPSA) is 110 Å². The monoisotopic (exact) mass is 429 g/mol. The zero-order valence-corrected chi connectivity index (χ0v) is 17.2. The lowest BCUT2D eigenvalue weighted by atomic mass is 9.84. The van der Waals surface area contributed by atoms with E-state index in [9.17, 15) is 24.5 Å². The number of likely N-dealkylation sites (N-methyl/N-ethyl adjacent to an activating group) is 1. The molecule has 0 fully saturated rings. The Morgan fingerprint density at radius 3 is 2.19 bits per heavy atom. The quantitative estimate of drug-likeness (QED) is 0.371. The molecule has 0 unspecified atom stereocenters. The molecule has 1 aliphatic rings. The van der Waals surface area contributed by atoms with Gasteiger partial charge in [-0.2, -0.15) is 0 Å². The summed E-state index contributed by atoms with van der Waals surface area (Å²) in [5.74, 6) is -0.835. The molecule has 0 aliphatic heterocycles. The number of nitro benzene ring substituents is 1. The number of nitrogens with one attached hydrogen (secondary N) is 1. The molecule has 0 aromatic heterocycles. The highest BCUT2D eigenvalue weighted by Crippen LogP contribution is 2.29. The predicted octanol–water partition coefficient (Wildman–Crippen LogP) is 3.44. The van der Waals surface area contributed by atoms with Crippen LogP contribution in [0.3, 0.4) is 0 Å². The first kappa shape index (κ1) is 21.1. The lowest BCUT2D eigenvalue weighted by Gasteiger charge is -2.19. The van der Waals surface area contributed by atoms with Gasteiger partial charge in [-0.1, -0.05) is 42.5 Å². The molecule has 0 spiro atoms. The Morgan fingerprint density at radius 2 is 1.50 bits per heavy atom. The van der Waals surface area contributed by atoms with E-state index in [-0.39, 0.29) is 41.8 Å². The summed E-state index contributed by atoms with van der Waals surface area (Å²) < 4.78 is 0. The molecule has 0 bridgehead atoms. The minimum Gasteiger partial charge on any atom is -0.325 e. The SMILES string of the molecule is CN(CC(=O)Nc1ccc2c(c1)C(=O)c1ccccc1C2=O)Cc1ccccc1[N+](=O)[O-]. The molecule has 0 saturated carbocycles. The number of benzene rings is 3. The van der Waals surface area contributed by atoms with Gasteiger partial charge in [0.1, 0.15) is 0 Å². The Kier molecular flexibility index (Phi) is 5.61. The number of hydrogen-bond donors (Lipinski definition) is 1. The second-order valence-electron chi connectivity index (χ2n) is 7.57. The summed E-state index contributed by atoms with van der Waals surface area (Å²) in [6.45, 7) is 0.206. The molecule has 1 aliphatic carbocycles. The minimum absolute atomic E-state index is 0.00194. The third-order valence-corrected chi connectivity index (χ3v) is 5.25. The lowest BCUT2D eigenvalue weighted by Crippen LogP contribution is -2.30. The summed E-state index contributed by atoms with van der Waals surface area (Å²) in [4.78, 5) is 50.4. The fourth-order valence-electron chi connectivity index (χ4n) is 3.79. The van der Waals surface area contributed by atoms with Gasteiger partial charge in [0, 0.05) is 46.1 Å². The Labute approximate surface area is 183 Å². The number of rotatable bonds is 6. The van der Waals surface area contributed by atoms with Crippen LogP contribution in [0.15, 0.2) is 66.7 Å². The number of anilines is 1. The number of carbonyl (C=O) groups excluding carboxylic acids is 3. The number of nitrogens with zero attached hydrogens (tertiary/aromatic N) is 2. The zero-order valence-electron chi connectivity index (χ0n) is 17.2. The van der Waals surface area contributed by atoms with Crippen molar-refractivity contribution in [1.82, 2.24) is 4.90 Å². The van der Waals surface area contributed by atoms with Crippen LogP contribution < -0.4 is 5.32 Å². The van der Waals surface area contributed by atoms with Gasteiger partial charge in [-0.05, 0) is 25.2 Å². The summed E-state index contributed by atoms with van der Waals surface area (Å²) >= 11 is 0. The van der Waals surface area contributed by atoms with Crippen molar-refractivity contribution in [2.45, 2.75) is 6.54 Å². The van der Waals surface area contributed by atoms with Crippen LogP contribution in [0.25, 0.3) is 0 Å². The first-order chi connectivity index (χ1) is 15.3. The van der Waals surface area contributed by atoms with Gasteiger partial charge in [0.15, 0.2) is 11.6 Å². The molecule has 0 radical (unpaired) electrons. The molecule has 8 heteroatoms. The van der Waals surface area contributed by atoms with Gasteiger partial charge in [-0.15, -0.1) is 0 Å². The number of para-hydroxylation sites is 1. The summed E-state index contributed by atoms with van der Waals surface area (Å²) in [7, 11) is 1.68. The first-order valence-corrected chi connectivity index (χ1v) is 9.88. The van der Waals surface area contributed by atoms with Crippen molar-refractivity contribution in [2.75, 3.05) is 18.9 Å². The number of ketones is 2. The van der Waals surface area contributed by atoms with Crippen molar-refractivity contribution in [2.24, 2.45) is 0 Å². The van der Waals surface area contributed by atoms with E-state index in [1.54, 1.807) is 60.5 Å². The fourth-order valence-corrected chi connectivity index (χ4v) is 3.79. The van der Waals surface area contributed by atoms with Crippen LogP contribution in [-0.4, -0.2) is 40.9 Å². The van der Waals surface area contributed by atoms with Gasteiger partial charge in [-0.25, -0.2) is 0 Å².